The van der Waals surface area contributed by atoms with Gasteiger partial charge in [-0.2, -0.15) is 5.10 Å². The number of hydrogen-bond donors (Lipinski definition) is 3. The summed E-state index contributed by atoms with van der Waals surface area (Å²) < 4.78 is 0. The zero-order valence-electron chi connectivity index (χ0n) is 11.2. The predicted molar refractivity (Wildman–Crippen MR) is 83.8 cm³/mol. The minimum absolute atomic E-state index is 0.213. The molecular formula is C15H19N3OS. The molecule has 0 aromatic heterocycles. The van der Waals surface area contributed by atoms with Crippen molar-refractivity contribution in [3.63, 3.8) is 0 Å². The molecule has 2 saturated carbocycles. The molecule has 3 N–H and O–H groups in total. The average molecular weight is 289 g/mol. The molecule has 2 aliphatic rings. The second-order valence-corrected chi connectivity index (χ2v) is 6.09. The molecule has 2 fully saturated rings. The van der Waals surface area contributed by atoms with Crippen molar-refractivity contribution in [1.82, 2.24) is 10.7 Å². The first-order valence-corrected chi connectivity index (χ1v) is 7.51. The Morgan fingerprint density at radius 1 is 1.30 bits per heavy atom. The number of fused-ring (bicyclic) bond motifs is 2. The van der Waals surface area contributed by atoms with Crippen molar-refractivity contribution >= 4 is 23.5 Å². The van der Waals surface area contributed by atoms with E-state index < -0.39 is 0 Å². The van der Waals surface area contributed by atoms with Gasteiger partial charge in [0.25, 0.3) is 0 Å². The summed E-state index contributed by atoms with van der Waals surface area (Å²) in [4.78, 5) is 0. The molecule has 20 heavy (non-hydrogen) atoms. The van der Waals surface area contributed by atoms with Gasteiger partial charge >= 0.3 is 0 Å². The number of nitrogens with one attached hydrogen (secondary N) is 2. The van der Waals surface area contributed by atoms with E-state index in [1.54, 1.807) is 24.4 Å². The molecule has 3 rings (SSSR count). The number of thiocarbonyl (C=S) groups is 1. The van der Waals surface area contributed by atoms with Crippen LogP contribution in [0.1, 0.15) is 31.2 Å². The Labute approximate surface area is 124 Å². The van der Waals surface area contributed by atoms with Crippen LogP contribution in [0, 0.1) is 11.8 Å². The zero-order valence-corrected chi connectivity index (χ0v) is 12.1. The summed E-state index contributed by atoms with van der Waals surface area (Å²) in [6.07, 6.45) is 6.86. The molecule has 0 aliphatic heterocycles. The van der Waals surface area contributed by atoms with E-state index in [4.69, 9.17) is 12.2 Å². The molecule has 5 heteroatoms. The Balaban J connectivity index is 1.49. The first kappa shape index (κ1) is 13.4. The average Bonchev–Trinajstić information content (AvgIpc) is 3.03. The Bertz CT molecular complexity index is 532. The Morgan fingerprint density at radius 2 is 2.15 bits per heavy atom. The van der Waals surface area contributed by atoms with Crippen molar-refractivity contribution < 1.29 is 5.11 Å². The van der Waals surface area contributed by atoms with E-state index in [0.29, 0.717) is 16.7 Å². The van der Waals surface area contributed by atoms with Crippen LogP contribution in [0.5, 0.6) is 5.75 Å². The number of phenols is 1. The van der Waals surface area contributed by atoms with E-state index in [-0.39, 0.29) is 5.75 Å². The number of hydrogen-bond acceptors (Lipinski definition) is 3. The normalized spacial score (nSPS) is 27.9. The van der Waals surface area contributed by atoms with Gasteiger partial charge in [0, 0.05) is 11.6 Å². The second kappa shape index (κ2) is 5.79. The van der Waals surface area contributed by atoms with Crippen LogP contribution in [0.25, 0.3) is 0 Å². The van der Waals surface area contributed by atoms with E-state index in [1.165, 1.54) is 25.7 Å². The molecule has 1 aromatic rings. The lowest BCUT2D eigenvalue weighted by Crippen LogP contribution is -2.42. The summed E-state index contributed by atoms with van der Waals surface area (Å²) in [5, 5.41) is 17.6. The fraction of sp³-hybridized carbons (Fsp3) is 0.467. The summed E-state index contributed by atoms with van der Waals surface area (Å²) >= 11 is 5.26. The van der Waals surface area contributed by atoms with E-state index in [0.717, 1.165) is 11.8 Å². The van der Waals surface area contributed by atoms with Crippen LogP contribution >= 0.6 is 12.2 Å². The number of hydrazone groups is 1. The quantitative estimate of drug-likeness (QED) is 0.454. The van der Waals surface area contributed by atoms with Crippen molar-refractivity contribution in [1.29, 1.82) is 0 Å². The van der Waals surface area contributed by atoms with E-state index in [9.17, 15) is 5.11 Å². The molecule has 2 bridgehead atoms. The Hall–Kier alpha value is -1.62. The zero-order chi connectivity index (χ0) is 13.9. The van der Waals surface area contributed by atoms with Crippen LogP contribution < -0.4 is 10.7 Å². The van der Waals surface area contributed by atoms with Gasteiger partial charge in [0.05, 0.1) is 6.21 Å². The first-order valence-electron chi connectivity index (χ1n) is 7.10. The van der Waals surface area contributed by atoms with Crippen LogP contribution in [-0.4, -0.2) is 22.5 Å². The van der Waals surface area contributed by atoms with Crippen molar-refractivity contribution in [2.45, 2.75) is 31.7 Å². The summed E-state index contributed by atoms with van der Waals surface area (Å²) in [5.74, 6) is 1.89. The minimum atomic E-state index is 0.213. The van der Waals surface area contributed by atoms with Crippen molar-refractivity contribution in [2.24, 2.45) is 16.9 Å². The maximum atomic E-state index is 9.61. The molecular weight excluding hydrogens is 270 g/mol. The van der Waals surface area contributed by atoms with Crippen LogP contribution in [0.2, 0.25) is 0 Å². The summed E-state index contributed by atoms with van der Waals surface area (Å²) in [5.41, 5.74) is 3.49. The van der Waals surface area contributed by atoms with Crippen molar-refractivity contribution in [3.8, 4) is 5.75 Å². The number of benzene rings is 1. The minimum Gasteiger partial charge on any atom is -0.507 e. The molecule has 106 valence electrons. The van der Waals surface area contributed by atoms with Gasteiger partial charge in [-0.1, -0.05) is 18.6 Å². The van der Waals surface area contributed by atoms with Crippen LogP contribution in [0.4, 0.5) is 0 Å². The highest BCUT2D eigenvalue weighted by Crippen LogP contribution is 2.44. The largest absolute Gasteiger partial charge is 0.507 e. The maximum absolute atomic E-state index is 9.61. The van der Waals surface area contributed by atoms with E-state index >= 15 is 0 Å². The summed E-state index contributed by atoms with van der Waals surface area (Å²) in [6, 6.07) is 7.57. The molecule has 0 saturated heterocycles. The van der Waals surface area contributed by atoms with E-state index in [2.05, 4.69) is 15.8 Å². The highest BCUT2D eigenvalue weighted by atomic mass is 32.1. The number of aromatic hydroxyl groups is 1. The first-order chi connectivity index (χ1) is 9.72. The van der Waals surface area contributed by atoms with Gasteiger partial charge in [-0.3, -0.25) is 5.43 Å². The van der Waals surface area contributed by atoms with Gasteiger partial charge < -0.3 is 10.4 Å². The number of phenolic OH excluding ortho intramolecular Hbond substituents is 1. The molecule has 2 aliphatic carbocycles. The third kappa shape index (κ3) is 2.93. The fourth-order valence-corrected chi connectivity index (χ4v) is 3.58. The van der Waals surface area contributed by atoms with Gasteiger partial charge in [-0.25, -0.2) is 0 Å². The lowest BCUT2D eigenvalue weighted by Gasteiger charge is -2.23. The summed E-state index contributed by atoms with van der Waals surface area (Å²) in [6.45, 7) is 0. The number of nitrogens with zero attached hydrogens (tertiary/aromatic N) is 1. The molecule has 0 spiro atoms. The van der Waals surface area contributed by atoms with Crippen LogP contribution in [0.15, 0.2) is 29.4 Å². The molecule has 0 radical (unpaired) electrons. The van der Waals surface area contributed by atoms with Crippen LogP contribution in [-0.2, 0) is 0 Å². The Morgan fingerprint density at radius 3 is 2.85 bits per heavy atom. The van der Waals surface area contributed by atoms with Gasteiger partial charge in [-0.05, 0) is 55.4 Å². The number of rotatable bonds is 3. The van der Waals surface area contributed by atoms with Crippen LogP contribution in [0.3, 0.4) is 0 Å². The third-order valence-corrected chi connectivity index (χ3v) is 4.57. The third-order valence-electron chi connectivity index (χ3n) is 4.36. The molecule has 4 nitrogen and oxygen atoms in total. The van der Waals surface area contributed by atoms with Gasteiger partial charge in [0.15, 0.2) is 5.11 Å². The standard InChI is InChI=1S/C15H19N3OS/c19-14-4-2-1-3-12(14)9-16-18-15(20)17-13-8-10-5-6-11(13)7-10/h1-4,9-11,13,19H,5-8H2,(H2,17,18,20)/b16-9-/t10-,11+,13-/m0/s1. The topological polar surface area (TPSA) is 56.7 Å². The lowest BCUT2D eigenvalue weighted by atomic mass is 9.96. The van der Waals surface area contributed by atoms with Crippen molar-refractivity contribution in [2.75, 3.05) is 0 Å². The van der Waals surface area contributed by atoms with Gasteiger partial charge in [0.2, 0.25) is 0 Å². The smallest absolute Gasteiger partial charge is 0.187 e. The Kier molecular flexibility index (Phi) is 3.87. The van der Waals surface area contributed by atoms with Gasteiger partial charge in [-0.15, -0.1) is 0 Å². The fourth-order valence-electron chi connectivity index (χ4n) is 3.38. The molecule has 3 atom stereocenters. The highest BCUT2D eigenvalue weighted by Gasteiger charge is 2.39. The monoisotopic (exact) mass is 289 g/mol. The molecule has 0 heterocycles. The molecule has 1 aromatic carbocycles. The molecule has 0 amide bonds. The SMILES string of the molecule is Oc1ccccc1/C=N\NC(=S)N[C@H]1C[C@H]2CC[C@@H]1C2. The predicted octanol–water partition coefficient (Wildman–Crippen LogP) is 2.38. The van der Waals surface area contributed by atoms with Gasteiger partial charge in [0.1, 0.15) is 5.75 Å². The highest BCUT2D eigenvalue weighted by molar-refractivity contribution is 7.80. The maximum Gasteiger partial charge on any atom is 0.187 e. The lowest BCUT2D eigenvalue weighted by molar-refractivity contribution is 0.389. The number of para-hydroxylation sites is 1. The van der Waals surface area contributed by atoms with Crippen molar-refractivity contribution in [3.05, 3.63) is 29.8 Å². The second-order valence-electron chi connectivity index (χ2n) is 5.68. The molecule has 0 unspecified atom stereocenters. The van der Waals surface area contributed by atoms with E-state index in [1.807, 2.05) is 6.07 Å². The summed E-state index contributed by atoms with van der Waals surface area (Å²) in [7, 11) is 0.